The molecule has 3 N–H and O–H groups in total. The molecular weight excluding hydrogens is 825 g/mol. The van der Waals surface area contributed by atoms with Crippen LogP contribution < -0.4 is 14.9 Å². The molecule has 1 fully saturated rings. The van der Waals surface area contributed by atoms with Crippen molar-refractivity contribution in [3.63, 3.8) is 0 Å². The first-order chi connectivity index (χ1) is 28.0. The molecule has 1 aliphatic heterocycles. The number of hydrogen-bond donors (Lipinski definition) is 3. The zero-order valence-corrected chi connectivity index (χ0v) is 32.0. The van der Waals surface area contributed by atoms with Gasteiger partial charge in [-0.3, -0.25) is 14.6 Å². The summed E-state index contributed by atoms with van der Waals surface area (Å²) in [5.41, 5.74) is -3.19. The number of alkyl halides is 6. The van der Waals surface area contributed by atoms with E-state index in [1.54, 1.807) is 9.62 Å². The molecule has 1 saturated heterocycles. The van der Waals surface area contributed by atoms with Crippen molar-refractivity contribution in [3.05, 3.63) is 131 Å². The topological polar surface area (TPSA) is 158 Å². The number of nitrogens with one attached hydrogen (secondary N) is 2. The number of carbonyl (C=O) groups excluding carboxylic acids is 2. The molecule has 0 aliphatic carbocycles. The van der Waals surface area contributed by atoms with Crippen LogP contribution in [0.5, 0.6) is 5.75 Å². The minimum atomic E-state index is -4.92. The molecule has 1 aliphatic rings. The van der Waals surface area contributed by atoms with Crippen molar-refractivity contribution in [1.29, 1.82) is 0 Å². The van der Waals surface area contributed by atoms with E-state index in [1.165, 1.54) is 47.3 Å². The van der Waals surface area contributed by atoms with Crippen molar-refractivity contribution >= 4 is 45.1 Å². The normalized spacial score (nSPS) is 13.3. The number of nitrogens with zero attached hydrogens (tertiary/aromatic N) is 5. The molecule has 6 rings (SSSR count). The monoisotopic (exact) mass is 855 g/mol. The highest BCUT2D eigenvalue weighted by Crippen LogP contribution is 2.37. The molecule has 0 bridgehead atoms. The Kier molecular flexibility index (Phi) is 12.7. The Morgan fingerprint density at radius 2 is 1.54 bits per heavy atom. The molecule has 3 aromatic carbocycles. The summed E-state index contributed by atoms with van der Waals surface area (Å²) in [7, 11) is -4.80. The van der Waals surface area contributed by atoms with Gasteiger partial charge in [0.1, 0.15) is 5.75 Å². The predicted octanol–water partition coefficient (Wildman–Crippen LogP) is 6.30. The predicted molar refractivity (Wildman–Crippen MR) is 205 cm³/mol. The first-order valence-corrected chi connectivity index (χ1v) is 19.9. The van der Waals surface area contributed by atoms with Crippen LogP contribution in [0, 0.1) is 11.8 Å². The van der Waals surface area contributed by atoms with Gasteiger partial charge < -0.3 is 20.2 Å². The molecule has 2 aromatic heterocycles. The molecule has 5 aromatic rings. The smallest absolute Gasteiger partial charge is 0.418 e. The van der Waals surface area contributed by atoms with Gasteiger partial charge in [-0.15, -0.1) is 22.0 Å². The van der Waals surface area contributed by atoms with Gasteiger partial charge in [0.15, 0.2) is 11.5 Å². The fourth-order valence-corrected chi connectivity index (χ4v) is 7.52. The Morgan fingerprint density at radius 3 is 2.20 bits per heavy atom. The summed E-state index contributed by atoms with van der Waals surface area (Å²) in [6, 6.07) is 18.1. The zero-order chi connectivity index (χ0) is 42.4. The number of benzene rings is 3. The van der Waals surface area contributed by atoms with Crippen LogP contribution in [-0.2, 0) is 22.4 Å². The second-order valence-electron chi connectivity index (χ2n) is 12.8. The van der Waals surface area contributed by atoms with Gasteiger partial charge in [0, 0.05) is 71.9 Å². The van der Waals surface area contributed by atoms with E-state index >= 15 is 0 Å². The lowest BCUT2D eigenvalue weighted by Crippen LogP contribution is -2.49. The number of hydrogen-bond acceptors (Lipinski definition) is 11. The maximum absolute atomic E-state index is 14.0. The third-order valence-corrected chi connectivity index (χ3v) is 11.0. The molecule has 59 heavy (non-hydrogen) atoms. The van der Waals surface area contributed by atoms with E-state index in [9.17, 15) is 49.5 Å². The number of rotatable bonds is 10. The van der Waals surface area contributed by atoms with Gasteiger partial charge in [-0.1, -0.05) is 30.0 Å². The molecule has 0 radical (unpaired) electrons. The Bertz CT molecular complexity index is 2510. The Labute approximate surface area is 337 Å². The van der Waals surface area contributed by atoms with Crippen molar-refractivity contribution in [2.24, 2.45) is 0 Å². The summed E-state index contributed by atoms with van der Waals surface area (Å²) in [6.45, 7) is 0.596. The lowest BCUT2D eigenvalue weighted by atomic mass is 10.0. The number of piperazine rings is 1. The van der Waals surface area contributed by atoms with Gasteiger partial charge in [-0.2, -0.15) is 26.3 Å². The van der Waals surface area contributed by atoms with Crippen molar-refractivity contribution < 1.29 is 49.5 Å². The largest absolute Gasteiger partial charge is 0.506 e. The van der Waals surface area contributed by atoms with E-state index < -0.39 is 55.9 Å². The summed E-state index contributed by atoms with van der Waals surface area (Å²) >= 11 is 1.42. The van der Waals surface area contributed by atoms with E-state index in [4.69, 9.17) is 0 Å². The number of halogens is 6. The second kappa shape index (κ2) is 17.7. The summed E-state index contributed by atoms with van der Waals surface area (Å²) in [5, 5.41) is 20.0. The maximum atomic E-state index is 14.0. The fourth-order valence-electron chi connectivity index (χ4n) is 5.75. The number of carbonyl (C=O) groups is 2. The molecule has 0 spiro atoms. The van der Waals surface area contributed by atoms with Crippen LogP contribution in [0.2, 0.25) is 0 Å². The van der Waals surface area contributed by atoms with E-state index in [1.807, 2.05) is 30.3 Å². The Morgan fingerprint density at radius 1 is 0.814 bits per heavy atom. The molecule has 0 atom stereocenters. The summed E-state index contributed by atoms with van der Waals surface area (Å²) in [5.74, 6) is 3.75. The van der Waals surface area contributed by atoms with Crippen molar-refractivity contribution in [2.75, 3.05) is 48.7 Å². The highest BCUT2D eigenvalue weighted by atomic mass is 32.2. The number of thioether (sulfide) groups is 1. The summed E-state index contributed by atoms with van der Waals surface area (Å²) in [6.07, 6.45) is -7.21. The molecule has 0 unspecified atom stereocenters. The van der Waals surface area contributed by atoms with Crippen LogP contribution in [0.4, 0.5) is 37.8 Å². The number of anilines is 2. The molecule has 2 amide bonds. The molecule has 0 saturated carbocycles. The highest BCUT2D eigenvalue weighted by molar-refractivity contribution is 7.99. The van der Waals surface area contributed by atoms with Crippen LogP contribution in [0.1, 0.15) is 43.1 Å². The van der Waals surface area contributed by atoms with Gasteiger partial charge in [-0.05, 0) is 66.7 Å². The summed E-state index contributed by atoms with van der Waals surface area (Å²) in [4.78, 5) is 33.2. The highest BCUT2D eigenvalue weighted by Gasteiger charge is 2.36. The number of aromatic nitrogens is 3. The standard InChI is InChI=1S/C39H31F6N7O5S2/c40-38(41,42)28-19-25(6-7-26-20-29(53)24-46-23-26)18-27(21-28)37(55)52-15-13-51(14-16-52)35-11-10-34(48-49-35)36(54)50-59(56,57)31-8-9-33(32(22-31)39(43,44)45)47-12-17-58-30-4-2-1-3-5-30/h1-5,8-11,18-24,47,53H,12-17H2,(H,50,54). The minimum absolute atomic E-state index is 0.0636. The SMILES string of the molecule is O=C(NS(=O)(=O)c1ccc(NCCSc2ccccc2)c(C(F)(F)F)c1)c1ccc(N2CCN(C(=O)c3cc(C#Cc4cncc(O)c4)cc(C(F)(F)F)c3)CC2)nn1. The number of aromatic hydroxyl groups is 1. The third kappa shape index (κ3) is 11.0. The molecule has 3 heterocycles. The Balaban J connectivity index is 1.07. The Hall–Kier alpha value is -6.33. The summed E-state index contributed by atoms with van der Waals surface area (Å²) < 4.78 is 111. The van der Waals surface area contributed by atoms with Crippen LogP contribution in [-0.4, -0.2) is 83.9 Å². The van der Waals surface area contributed by atoms with Crippen LogP contribution >= 0.6 is 11.8 Å². The van der Waals surface area contributed by atoms with E-state index in [2.05, 4.69) is 32.3 Å². The molecular formula is C39H31F6N7O5S2. The van der Waals surface area contributed by atoms with Crippen molar-refractivity contribution in [1.82, 2.24) is 24.8 Å². The van der Waals surface area contributed by atoms with Gasteiger partial charge in [0.2, 0.25) is 0 Å². The van der Waals surface area contributed by atoms with E-state index in [0.717, 1.165) is 35.2 Å². The average molecular weight is 856 g/mol. The maximum Gasteiger partial charge on any atom is 0.418 e. The number of amides is 2. The quantitative estimate of drug-likeness (QED) is 0.0627. The number of pyridine rings is 1. The zero-order valence-electron chi connectivity index (χ0n) is 30.4. The minimum Gasteiger partial charge on any atom is -0.506 e. The first-order valence-electron chi connectivity index (χ1n) is 17.4. The van der Waals surface area contributed by atoms with Crippen LogP contribution in [0.25, 0.3) is 0 Å². The van der Waals surface area contributed by atoms with Crippen molar-refractivity contribution in [2.45, 2.75) is 22.1 Å². The first kappa shape index (κ1) is 42.3. The van der Waals surface area contributed by atoms with E-state index in [0.29, 0.717) is 11.8 Å². The van der Waals surface area contributed by atoms with Crippen molar-refractivity contribution in [3.8, 4) is 17.6 Å². The van der Waals surface area contributed by atoms with Crippen LogP contribution in [0.15, 0.2) is 107 Å². The molecule has 20 heteroatoms. The fraction of sp³-hybridized carbons (Fsp3) is 0.205. The molecule has 12 nitrogen and oxygen atoms in total. The van der Waals surface area contributed by atoms with E-state index in [-0.39, 0.29) is 66.7 Å². The van der Waals surface area contributed by atoms with Gasteiger partial charge >= 0.3 is 12.4 Å². The lowest BCUT2D eigenvalue weighted by Gasteiger charge is -2.35. The third-order valence-electron chi connectivity index (χ3n) is 8.62. The molecule has 306 valence electrons. The average Bonchev–Trinajstić information content (AvgIpc) is 3.21. The van der Waals surface area contributed by atoms with Gasteiger partial charge in [-0.25, -0.2) is 13.1 Å². The second-order valence-corrected chi connectivity index (χ2v) is 15.6. The number of sulfonamides is 1. The van der Waals surface area contributed by atoms with Gasteiger partial charge in [0.05, 0.1) is 22.2 Å². The van der Waals surface area contributed by atoms with Gasteiger partial charge in [0.25, 0.3) is 21.8 Å². The van der Waals surface area contributed by atoms with Crippen LogP contribution in [0.3, 0.4) is 0 Å². The lowest BCUT2D eigenvalue weighted by molar-refractivity contribution is -0.138.